The zero-order valence-corrected chi connectivity index (χ0v) is 18.5. The van der Waals surface area contributed by atoms with Gasteiger partial charge in [0.25, 0.3) is 15.9 Å². The number of ether oxygens (including phenoxy) is 2. The van der Waals surface area contributed by atoms with Crippen molar-refractivity contribution in [3.63, 3.8) is 0 Å². The zero-order chi connectivity index (χ0) is 21.8. The van der Waals surface area contributed by atoms with E-state index in [0.717, 1.165) is 18.4 Å². The molecule has 3 aromatic rings. The number of hydrogen-bond donors (Lipinski definition) is 1. The van der Waals surface area contributed by atoms with Crippen LogP contribution < -0.4 is 19.1 Å². The van der Waals surface area contributed by atoms with E-state index in [0.29, 0.717) is 33.6 Å². The van der Waals surface area contributed by atoms with E-state index in [9.17, 15) is 13.2 Å². The Balaban J connectivity index is 1.47. The number of nitrogens with zero attached hydrogens (tertiary/aromatic N) is 1. The first-order valence-corrected chi connectivity index (χ1v) is 12.1. The minimum absolute atomic E-state index is 0.166. The van der Waals surface area contributed by atoms with Crippen molar-refractivity contribution in [2.75, 3.05) is 29.9 Å². The first-order valence-electron chi connectivity index (χ1n) is 9.73. The maximum Gasteiger partial charge on any atom is 0.273 e. The molecule has 162 valence electrons. The Labute approximate surface area is 185 Å². The zero-order valence-electron chi connectivity index (χ0n) is 16.9. The molecule has 2 aromatic carbocycles. The van der Waals surface area contributed by atoms with Gasteiger partial charge in [-0.25, -0.2) is 8.42 Å². The van der Waals surface area contributed by atoms with Gasteiger partial charge in [0.1, 0.15) is 15.7 Å². The second-order valence-electron chi connectivity index (χ2n) is 6.97. The number of anilines is 2. The van der Waals surface area contributed by atoms with E-state index in [-0.39, 0.29) is 12.5 Å². The summed E-state index contributed by atoms with van der Waals surface area (Å²) in [6.45, 7) is 0.242. The summed E-state index contributed by atoms with van der Waals surface area (Å²) in [6.07, 6.45) is 1.54. The summed E-state index contributed by atoms with van der Waals surface area (Å²) >= 11 is 1.20. The Kier molecular flexibility index (Phi) is 6.15. The molecule has 0 radical (unpaired) electrons. The number of nitrogens with one attached hydrogen (secondary N) is 1. The molecule has 0 fully saturated rings. The second kappa shape index (κ2) is 8.99. The molecule has 0 atom stereocenters. The quantitative estimate of drug-likeness (QED) is 0.580. The molecule has 0 saturated heterocycles. The highest BCUT2D eigenvalue weighted by Gasteiger charge is 2.30. The predicted octanol–water partition coefficient (Wildman–Crippen LogP) is 3.92. The fourth-order valence-electron chi connectivity index (χ4n) is 3.41. The van der Waals surface area contributed by atoms with Gasteiger partial charge in [-0.2, -0.15) is 0 Å². The lowest BCUT2D eigenvalue weighted by molar-refractivity contribution is -0.118. The number of hydrogen-bond acceptors (Lipinski definition) is 6. The number of rotatable bonds is 7. The van der Waals surface area contributed by atoms with Gasteiger partial charge in [-0.05, 0) is 66.2 Å². The first kappa shape index (κ1) is 21.2. The van der Waals surface area contributed by atoms with E-state index in [1.54, 1.807) is 61.0 Å². The summed E-state index contributed by atoms with van der Waals surface area (Å²) < 4.78 is 38.5. The van der Waals surface area contributed by atoms with Gasteiger partial charge in [-0.3, -0.25) is 9.10 Å². The summed E-state index contributed by atoms with van der Waals surface area (Å²) in [6, 6.07) is 15.6. The highest BCUT2D eigenvalue weighted by molar-refractivity contribution is 7.94. The number of sulfonamides is 1. The number of benzene rings is 2. The Bertz CT molecular complexity index is 1160. The van der Waals surface area contributed by atoms with Gasteiger partial charge in [0, 0.05) is 12.2 Å². The molecule has 0 aliphatic carbocycles. The van der Waals surface area contributed by atoms with Crippen molar-refractivity contribution in [1.82, 2.24) is 0 Å². The normalized spacial score (nSPS) is 13.4. The largest absolute Gasteiger partial charge is 0.497 e. The van der Waals surface area contributed by atoms with E-state index in [1.807, 2.05) is 6.07 Å². The maximum atomic E-state index is 13.1. The van der Waals surface area contributed by atoms with Crippen LogP contribution in [0.5, 0.6) is 11.5 Å². The average Bonchev–Trinajstić information content (AvgIpc) is 3.33. The number of thiophene rings is 1. The minimum Gasteiger partial charge on any atom is -0.497 e. The van der Waals surface area contributed by atoms with Gasteiger partial charge in [0.2, 0.25) is 0 Å². The molecule has 1 aliphatic rings. The van der Waals surface area contributed by atoms with Crippen LogP contribution in [-0.2, 0) is 21.2 Å². The Hall–Kier alpha value is -3.04. The van der Waals surface area contributed by atoms with Crippen LogP contribution in [0.4, 0.5) is 11.4 Å². The second-order valence-corrected chi connectivity index (χ2v) is 10.0. The molecule has 0 spiro atoms. The van der Waals surface area contributed by atoms with Crippen molar-refractivity contribution in [3.05, 3.63) is 65.5 Å². The summed E-state index contributed by atoms with van der Waals surface area (Å²) in [7, 11) is -2.05. The molecule has 31 heavy (non-hydrogen) atoms. The third kappa shape index (κ3) is 4.67. The van der Waals surface area contributed by atoms with Crippen LogP contribution in [0.3, 0.4) is 0 Å². The van der Waals surface area contributed by atoms with Crippen LogP contribution in [0.25, 0.3) is 0 Å². The van der Waals surface area contributed by atoms with Crippen LogP contribution >= 0.6 is 11.3 Å². The molecule has 7 nitrogen and oxygen atoms in total. The Morgan fingerprint density at radius 3 is 2.61 bits per heavy atom. The monoisotopic (exact) mass is 458 g/mol. The fourth-order valence-corrected chi connectivity index (χ4v) is 6.04. The third-order valence-corrected chi connectivity index (χ3v) is 8.10. The van der Waals surface area contributed by atoms with Gasteiger partial charge in [0.15, 0.2) is 6.61 Å². The van der Waals surface area contributed by atoms with Gasteiger partial charge in [-0.15, -0.1) is 11.3 Å². The first-order chi connectivity index (χ1) is 15.0. The van der Waals surface area contributed by atoms with Crippen LogP contribution in [0.1, 0.15) is 12.0 Å². The van der Waals surface area contributed by atoms with Crippen molar-refractivity contribution in [3.8, 4) is 11.5 Å². The summed E-state index contributed by atoms with van der Waals surface area (Å²) in [4.78, 5) is 12.4. The molecule has 0 saturated carbocycles. The van der Waals surface area contributed by atoms with Crippen LogP contribution in [0, 0.1) is 0 Å². The lowest BCUT2D eigenvalue weighted by Crippen LogP contribution is -2.35. The molecular formula is C22H22N2O5S2. The highest BCUT2D eigenvalue weighted by atomic mass is 32.2. The molecule has 9 heteroatoms. The summed E-state index contributed by atoms with van der Waals surface area (Å²) in [5, 5.41) is 4.53. The van der Waals surface area contributed by atoms with Crippen molar-refractivity contribution >= 4 is 38.6 Å². The number of carbonyl (C=O) groups is 1. The van der Waals surface area contributed by atoms with E-state index in [2.05, 4.69) is 5.32 Å². The molecular weight excluding hydrogens is 436 g/mol. The van der Waals surface area contributed by atoms with Crippen molar-refractivity contribution < 1.29 is 22.7 Å². The molecule has 1 N–H and O–H groups in total. The summed E-state index contributed by atoms with van der Waals surface area (Å²) in [5.41, 5.74) is 2.07. The Morgan fingerprint density at radius 2 is 1.90 bits per heavy atom. The van der Waals surface area contributed by atoms with Crippen LogP contribution in [-0.4, -0.2) is 34.6 Å². The molecule has 2 heterocycles. The minimum atomic E-state index is -3.63. The van der Waals surface area contributed by atoms with Crippen LogP contribution in [0.15, 0.2) is 64.2 Å². The molecule has 0 bridgehead atoms. The Morgan fingerprint density at radius 1 is 1.13 bits per heavy atom. The van der Waals surface area contributed by atoms with E-state index >= 15 is 0 Å². The van der Waals surface area contributed by atoms with Crippen LogP contribution in [0.2, 0.25) is 0 Å². The van der Waals surface area contributed by atoms with E-state index in [1.165, 1.54) is 15.6 Å². The lowest BCUT2D eigenvalue weighted by atomic mass is 10.0. The van der Waals surface area contributed by atoms with Gasteiger partial charge >= 0.3 is 0 Å². The van der Waals surface area contributed by atoms with Gasteiger partial charge in [0.05, 0.1) is 12.8 Å². The number of methoxy groups -OCH3 is 1. The van der Waals surface area contributed by atoms with Crippen molar-refractivity contribution in [1.29, 1.82) is 0 Å². The van der Waals surface area contributed by atoms with Crippen molar-refractivity contribution in [2.45, 2.75) is 17.1 Å². The van der Waals surface area contributed by atoms with E-state index in [4.69, 9.17) is 9.47 Å². The standard InChI is InChI=1S/C22H22N2O5S2/c1-28-18-8-10-19(11-9-18)29-15-21(25)23-17-7-6-16-4-2-12-24(20(16)14-17)31(26,27)22-5-3-13-30-22/h3,5-11,13-14H,2,4,12,15H2,1H3,(H,23,25). The fraction of sp³-hybridized carbons (Fsp3) is 0.227. The average molecular weight is 459 g/mol. The number of carbonyl (C=O) groups excluding carboxylic acids is 1. The number of aryl methyl sites for hydroxylation is 1. The topological polar surface area (TPSA) is 84.9 Å². The molecule has 1 aromatic heterocycles. The number of fused-ring (bicyclic) bond motifs is 1. The van der Waals surface area contributed by atoms with E-state index < -0.39 is 10.0 Å². The SMILES string of the molecule is COc1ccc(OCC(=O)Nc2ccc3c(c2)N(S(=O)(=O)c2cccs2)CCC3)cc1. The predicted molar refractivity (Wildman–Crippen MR) is 121 cm³/mol. The highest BCUT2D eigenvalue weighted by Crippen LogP contribution is 2.35. The smallest absolute Gasteiger partial charge is 0.273 e. The molecule has 0 unspecified atom stereocenters. The van der Waals surface area contributed by atoms with Crippen molar-refractivity contribution in [2.24, 2.45) is 0 Å². The maximum absolute atomic E-state index is 13.1. The number of amides is 1. The summed E-state index contributed by atoms with van der Waals surface area (Å²) in [5.74, 6) is 0.918. The van der Waals surface area contributed by atoms with Gasteiger partial charge < -0.3 is 14.8 Å². The molecule has 1 aliphatic heterocycles. The third-order valence-electron chi connectivity index (χ3n) is 4.91. The molecule has 4 rings (SSSR count). The van der Waals surface area contributed by atoms with Gasteiger partial charge in [-0.1, -0.05) is 12.1 Å². The molecule has 1 amide bonds. The lowest BCUT2D eigenvalue weighted by Gasteiger charge is -2.30.